The van der Waals surface area contributed by atoms with Crippen molar-refractivity contribution in [3.63, 3.8) is 0 Å². The van der Waals surface area contributed by atoms with Gasteiger partial charge in [-0.15, -0.1) is 11.3 Å². The van der Waals surface area contributed by atoms with Gasteiger partial charge >= 0.3 is 0 Å². The van der Waals surface area contributed by atoms with E-state index in [4.69, 9.17) is 0 Å². The number of ketones is 1. The second kappa shape index (κ2) is 7.93. The lowest BCUT2D eigenvalue weighted by atomic mass is 10.1. The molecule has 0 unspecified atom stereocenters. The van der Waals surface area contributed by atoms with Crippen molar-refractivity contribution in [2.24, 2.45) is 0 Å². The topological polar surface area (TPSA) is 40.6 Å². The summed E-state index contributed by atoms with van der Waals surface area (Å²) >= 11 is 1.71. The highest BCUT2D eigenvalue weighted by molar-refractivity contribution is 7.12. The third-order valence-corrected chi connectivity index (χ3v) is 5.73. The van der Waals surface area contributed by atoms with Crippen LogP contribution in [0.1, 0.15) is 25.7 Å². The Morgan fingerprint density at radius 2 is 1.72 bits per heavy atom. The van der Waals surface area contributed by atoms with Crippen LogP contribution >= 0.6 is 11.3 Å². The molecule has 0 radical (unpaired) electrons. The number of aryl methyl sites for hydroxylation is 2. The normalized spacial score (nSPS) is 15.4. The third-order valence-electron chi connectivity index (χ3n) is 4.58. The molecule has 132 valence electrons. The fourth-order valence-corrected chi connectivity index (χ4v) is 4.30. The van der Waals surface area contributed by atoms with Crippen LogP contribution in [0.15, 0.2) is 36.4 Å². The van der Waals surface area contributed by atoms with E-state index in [1.54, 1.807) is 11.3 Å². The first-order valence-electron chi connectivity index (χ1n) is 8.67. The maximum absolute atomic E-state index is 12.5. The van der Waals surface area contributed by atoms with Crippen molar-refractivity contribution in [3.8, 4) is 0 Å². The summed E-state index contributed by atoms with van der Waals surface area (Å²) in [6, 6.07) is 11.5. The van der Waals surface area contributed by atoms with E-state index < -0.39 is 0 Å². The van der Waals surface area contributed by atoms with Crippen LogP contribution in [0.3, 0.4) is 0 Å². The summed E-state index contributed by atoms with van der Waals surface area (Å²) in [5.74, 6) is 0.337. The molecule has 4 nitrogen and oxygen atoms in total. The van der Waals surface area contributed by atoms with Crippen LogP contribution in [0.4, 0.5) is 0 Å². The van der Waals surface area contributed by atoms with Crippen molar-refractivity contribution >= 4 is 23.0 Å². The smallest absolute Gasteiger partial charge is 0.253 e. The lowest BCUT2D eigenvalue weighted by Gasteiger charge is -2.34. The Labute approximate surface area is 153 Å². The minimum absolute atomic E-state index is 0.0799. The van der Waals surface area contributed by atoms with Gasteiger partial charge in [0.1, 0.15) is 0 Å². The fraction of sp³-hybridized carbons (Fsp3) is 0.400. The molecule has 0 atom stereocenters. The van der Waals surface area contributed by atoms with E-state index in [9.17, 15) is 9.59 Å². The van der Waals surface area contributed by atoms with Crippen molar-refractivity contribution in [1.29, 1.82) is 0 Å². The van der Waals surface area contributed by atoms with Gasteiger partial charge in [0.05, 0.1) is 6.54 Å². The van der Waals surface area contributed by atoms with Gasteiger partial charge in [-0.1, -0.05) is 18.2 Å². The van der Waals surface area contributed by atoms with Gasteiger partial charge in [0, 0.05) is 47.9 Å². The number of hydrogen-bond acceptors (Lipinski definition) is 4. The SMILES string of the molecule is Cc1cc(C)c(CC(=O)CN2CCN(C(=O)c3ccccc3)CC2)s1. The number of carbonyl (C=O) groups excluding carboxylic acids is 2. The van der Waals surface area contributed by atoms with Gasteiger partial charge in [-0.25, -0.2) is 0 Å². The van der Waals surface area contributed by atoms with Gasteiger partial charge < -0.3 is 4.90 Å². The number of nitrogens with zero attached hydrogens (tertiary/aromatic N) is 2. The van der Waals surface area contributed by atoms with Crippen molar-refractivity contribution in [2.45, 2.75) is 20.3 Å². The highest BCUT2D eigenvalue weighted by Gasteiger charge is 2.23. The number of Topliss-reactive ketones (excluding diaryl/α,β-unsaturated/α-hetero) is 1. The number of thiophene rings is 1. The lowest BCUT2D eigenvalue weighted by Crippen LogP contribution is -2.50. The Balaban J connectivity index is 1.48. The van der Waals surface area contributed by atoms with E-state index in [-0.39, 0.29) is 11.7 Å². The first-order valence-corrected chi connectivity index (χ1v) is 9.49. The Morgan fingerprint density at radius 3 is 2.32 bits per heavy atom. The van der Waals surface area contributed by atoms with Crippen LogP contribution in [-0.2, 0) is 11.2 Å². The zero-order valence-electron chi connectivity index (χ0n) is 14.8. The summed E-state index contributed by atoms with van der Waals surface area (Å²) in [7, 11) is 0. The Morgan fingerprint density at radius 1 is 1.04 bits per heavy atom. The molecule has 1 fully saturated rings. The van der Waals surface area contributed by atoms with E-state index in [1.165, 1.54) is 15.3 Å². The first kappa shape index (κ1) is 17.8. The van der Waals surface area contributed by atoms with Crippen LogP contribution in [-0.4, -0.2) is 54.2 Å². The molecule has 1 aliphatic rings. The summed E-state index contributed by atoms with van der Waals surface area (Å²) in [6.45, 7) is 7.49. The molecule has 0 spiro atoms. The van der Waals surface area contributed by atoms with Crippen LogP contribution in [0.25, 0.3) is 0 Å². The summed E-state index contributed by atoms with van der Waals surface area (Å²) in [5.41, 5.74) is 1.95. The van der Waals surface area contributed by atoms with Crippen LogP contribution in [0.2, 0.25) is 0 Å². The summed E-state index contributed by atoms with van der Waals surface area (Å²) in [6.07, 6.45) is 0.521. The molecule has 1 amide bonds. The molecular formula is C20H24N2O2S. The number of rotatable bonds is 5. The summed E-state index contributed by atoms with van der Waals surface area (Å²) in [5, 5.41) is 0. The van der Waals surface area contributed by atoms with E-state index in [0.29, 0.717) is 26.1 Å². The Bertz CT molecular complexity index is 746. The monoisotopic (exact) mass is 356 g/mol. The molecule has 1 aromatic carbocycles. The molecule has 3 rings (SSSR count). The average Bonchev–Trinajstić information content (AvgIpc) is 2.92. The number of amides is 1. The second-order valence-corrected chi connectivity index (χ2v) is 7.95. The second-order valence-electron chi connectivity index (χ2n) is 6.61. The summed E-state index contributed by atoms with van der Waals surface area (Å²) < 4.78 is 0. The lowest BCUT2D eigenvalue weighted by molar-refractivity contribution is -0.119. The van der Waals surface area contributed by atoms with E-state index in [1.807, 2.05) is 35.2 Å². The Kier molecular flexibility index (Phi) is 5.66. The first-order chi connectivity index (χ1) is 12.0. The summed E-state index contributed by atoms with van der Waals surface area (Å²) in [4.78, 5) is 31.3. The van der Waals surface area contributed by atoms with E-state index in [0.717, 1.165) is 18.7 Å². The zero-order valence-corrected chi connectivity index (χ0v) is 15.6. The molecule has 0 aliphatic carbocycles. The minimum Gasteiger partial charge on any atom is -0.336 e. The predicted octanol–water partition coefficient (Wildman–Crippen LogP) is 2.93. The quantitative estimate of drug-likeness (QED) is 0.827. The van der Waals surface area contributed by atoms with Crippen LogP contribution < -0.4 is 0 Å². The fourth-order valence-electron chi connectivity index (χ4n) is 3.22. The molecular weight excluding hydrogens is 332 g/mol. The van der Waals surface area contributed by atoms with Crippen molar-refractivity contribution in [3.05, 3.63) is 57.3 Å². The molecule has 0 saturated carbocycles. The molecule has 1 aromatic heterocycles. The van der Waals surface area contributed by atoms with E-state index in [2.05, 4.69) is 24.8 Å². The number of hydrogen-bond donors (Lipinski definition) is 0. The van der Waals surface area contributed by atoms with Crippen molar-refractivity contribution in [2.75, 3.05) is 32.7 Å². The molecule has 2 aromatic rings. The van der Waals surface area contributed by atoms with Gasteiger partial charge in [-0.2, -0.15) is 0 Å². The molecule has 1 aliphatic heterocycles. The van der Waals surface area contributed by atoms with Gasteiger partial charge in [0.2, 0.25) is 0 Å². The van der Waals surface area contributed by atoms with E-state index >= 15 is 0 Å². The predicted molar refractivity (Wildman–Crippen MR) is 101 cm³/mol. The van der Waals surface area contributed by atoms with Gasteiger partial charge in [0.15, 0.2) is 5.78 Å². The van der Waals surface area contributed by atoms with Gasteiger partial charge in [-0.3, -0.25) is 14.5 Å². The average molecular weight is 356 g/mol. The molecule has 0 N–H and O–H groups in total. The molecule has 25 heavy (non-hydrogen) atoms. The zero-order chi connectivity index (χ0) is 17.8. The molecule has 5 heteroatoms. The molecule has 2 heterocycles. The highest BCUT2D eigenvalue weighted by Crippen LogP contribution is 2.21. The third kappa shape index (κ3) is 4.55. The van der Waals surface area contributed by atoms with Crippen molar-refractivity contribution < 1.29 is 9.59 Å². The standard InChI is InChI=1S/C20H24N2O2S/c1-15-12-16(2)25-19(15)13-18(23)14-21-8-10-22(11-9-21)20(24)17-6-4-3-5-7-17/h3-7,12H,8-11,13-14H2,1-2H3. The maximum Gasteiger partial charge on any atom is 0.253 e. The van der Waals surface area contributed by atoms with Crippen LogP contribution in [0, 0.1) is 13.8 Å². The Hall–Kier alpha value is -1.98. The highest BCUT2D eigenvalue weighted by atomic mass is 32.1. The number of carbonyl (C=O) groups is 2. The largest absolute Gasteiger partial charge is 0.336 e. The van der Waals surface area contributed by atoms with Crippen molar-refractivity contribution in [1.82, 2.24) is 9.80 Å². The molecule has 1 saturated heterocycles. The minimum atomic E-state index is 0.0799. The molecule has 0 bridgehead atoms. The number of piperazine rings is 1. The van der Waals surface area contributed by atoms with Crippen LogP contribution in [0.5, 0.6) is 0 Å². The maximum atomic E-state index is 12.5. The van der Waals surface area contributed by atoms with Gasteiger partial charge in [0.25, 0.3) is 5.91 Å². The van der Waals surface area contributed by atoms with Gasteiger partial charge in [-0.05, 0) is 37.6 Å². The number of benzene rings is 1.